The van der Waals surface area contributed by atoms with Gasteiger partial charge in [0, 0.05) is 16.1 Å². The molecule has 0 spiro atoms. The predicted molar refractivity (Wildman–Crippen MR) is 102 cm³/mol. The van der Waals surface area contributed by atoms with E-state index in [1.807, 2.05) is 6.92 Å². The van der Waals surface area contributed by atoms with Crippen molar-refractivity contribution in [3.63, 3.8) is 0 Å². The van der Waals surface area contributed by atoms with Crippen molar-refractivity contribution in [2.24, 2.45) is 0 Å². The number of nitrogens with one attached hydrogen (secondary N) is 1. The molecule has 1 N–H and O–H groups in total. The van der Waals surface area contributed by atoms with Crippen LogP contribution in [0.1, 0.15) is 15.9 Å². The van der Waals surface area contributed by atoms with Crippen molar-refractivity contribution >= 4 is 51.7 Å². The van der Waals surface area contributed by atoms with E-state index in [0.29, 0.717) is 26.9 Å². The largest absolute Gasteiger partial charge is 0.452 e. The zero-order valence-electron chi connectivity index (χ0n) is 13.8. The lowest BCUT2D eigenvalue weighted by Gasteiger charge is -2.08. The number of fused-ring (bicyclic) bond motifs is 1. The second-order valence-corrected chi connectivity index (χ2v) is 6.42. The zero-order valence-corrected chi connectivity index (χ0v) is 15.3. The monoisotopic (exact) mass is 388 g/mol. The Hall–Kier alpha value is -2.63. The van der Waals surface area contributed by atoms with Gasteiger partial charge in [-0.3, -0.25) is 4.79 Å². The maximum Gasteiger partial charge on any atom is 0.338 e. The van der Waals surface area contributed by atoms with Crippen molar-refractivity contribution in [2.75, 3.05) is 11.9 Å². The molecule has 5 nitrogen and oxygen atoms in total. The first-order chi connectivity index (χ1) is 12.4. The second kappa shape index (κ2) is 7.72. The minimum absolute atomic E-state index is 0.327. The number of carbonyl (C=O) groups is 2. The van der Waals surface area contributed by atoms with Gasteiger partial charge in [-0.05, 0) is 55.0 Å². The number of aromatic nitrogens is 1. The number of nitrogens with zero attached hydrogens (tertiary/aromatic N) is 1. The molecular formula is C19H14Cl2N2O3. The summed E-state index contributed by atoms with van der Waals surface area (Å²) in [6.07, 6.45) is 0. The molecule has 0 fully saturated rings. The van der Waals surface area contributed by atoms with Crippen LogP contribution in [0, 0.1) is 6.92 Å². The van der Waals surface area contributed by atoms with Crippen molar-refractivity contribution in [1.82, 2.24) is 4.98 Å². The highest BCUT2D eigenvalue weighted by Gasteiger charge is 2.12. The number of rotatable bonds is 4. The Balaban J connectivity index is 1.61. The number of amides is 1. The fourth-order valence-corrected chi connectivity index (χ4v) is 2.64. The molecule has 1 aromatic heterocycles. The van der Waals surface area contributed by atoms with Crippen LogP contribution >= 0.6 is 23.2 Å². The van der Waals surface area contributed by atoms with E-state index in [-0.39, 0.29) is 0 Å². The van der Waals surface area contributed by atoms with Crippen LogP contribution in [0.2, 0.25) is 10.2 Å². The normalized spacial score (nSPS) is 10.6. The smallest absolute Gasteiger partial charge is 0.338 e. The zero-order chi connectivity index (χ0) is 18.7. The van der Waals surface area contributed by atoms with E-state index in [4.69, 9.17) is 27.9 Å². The molecule has 0 atom stereocenters. The molecule has 1 heterocycles. The summed E-state index contributed by atoms with van der Waals surface area (Å²) in [5, 5.41) is 4.30. The third-order valence-electron chi connectivity index (χ3n) is 3.68. The number of aryl methyl sites for hydroxylation is 1. The Kier molecular flexibility index (Phi) is 5.40. The van der Waals surface area contributed by atoms with E-state index in [9.17, 15) is 9.59 Å². The van der Waals surface area contributed by atoms with Gasteiger partial charge in [0.05, 0.1) is 11.1 Å². The fraction of sp³-hybridized carbons (Fsp3) is 0.105. The van der Waals surface area contributed by atoms with Crippen molar-refractivity contribution in [3.05, 3.63) is 69.8 Å². The first-order valence-electron chi connectivity index (χ1n) is 7.72. The summed E-state index contributed by atoms with van der Waals surface area (Å²) in [5.41, 5.74) is 2.44. The van der Waals surface area contributed by atoms with Gasteiger partial charge in [-0.15, -0.1) is 0 Å². The van der Waals surface area contributed by atoms with E-state index in [1.54, 1.807) is 48.5 Å². The Morgan fingerprint density at radius 2 is 1.88 bits per heavy atom. The van der Waals surface area contributed by atoms with Crippen LogP contribution in [0.25, 0.3) is 10.9 Å². The predicted octanol–water partition coefficient (Wildman–Crippen LogP) is 4.65. The van der Waals surface area contributed by atoms with Gasteiger partial charge < -0.3 is 10.1 Å². The third-order valence-corrected chi connectivity index (χ3v) is 4.30. The standard InChI is InChI=1S/C19H14Cl2N2O3/c1-11-2-5-14(9-15(11)20)22-18(24)10-26-19(25)13-3-6-16-12(8-13)4-7-17(21)23-16/h2-9H,10H2,1H3,(H,22,24). The Morgan fingerprint density at radius 3 is 2.65 bits per heavy atom. The number of carbonyl (C=O) groups excluding carboxylic acids is 2. The minimum Gasteiger partial charge on any atom is -0.452 e. The highest BCUT2D eigenvalue weighted by Crippen LogP contribution is 2.20. The van der Waals surface area contributed by atoms with Crippen LogP contribution in [0.15, 0.2) is 48.5 Å². The van der Waals surface area contributed by atoms with Crippen LogP contribution in [-0.2, 0) is 9.53 Å². The molecule has 7 heteroatoms. The van der Waals surface area contributed by atoms with Crippen LogP contribution < -0.4 is 5.32 Å². The summed E-state index contributed by atoms with van der Waals surface area (Å²) >= 11 is 11.8. The van der Waals surface area contributed by atoms with Gasteiger partial charge in [-0.2, -0.15) is 0 Å². The molecule has 3 rings (SSSR count). The molecule has 0 aliphatic carbocycles. The van der Waals surface area contributed by atoms with Crippen LogP contribution in [0.5, 0.6) is 0 Å². The van der Waals surface area contributed by atoms with E-state index in [0.717, 1.165) is 10.9 Å². The molecule has 26 heavy (non-hydrogen) atoms. The number of hydrogen-bond donors (Lipinski definition) is 1. The summed E-state index contributed by atoms with van der Waals surface area (Å²) in [4.78, 5) is 28.2. The number of halogens is 2. The van der Waals surface area contributed by atoms with Gasteiger partial charge >= 0.3 is 5.97 Å². The molecule has 0 saturated carbocycles. The summed E-state index contributed by atoms with van der Waals surface area (Å²) < 4.78 is 5.06. The molecular weight excluding hydrogens is 375 g/mol. The van der Waals surface area contributed by atoms with Crippen molar-refractivity contribution in [2.45, 2.75) is 6.92 Å². The van der Waals surface area contributed by atoms with E-state index in [2.05, 4.69) is 10.3 Å². The Labute approximate surface area is 159 Å². The average Bonchev–Trinajstić information content (AvgIpc) is 2.62. The number of anilines is 1. The Morgan fingerprint density at radius 1 is 1.08 bits per heavy atom. The topological polar surface area (TPSA) is 68.3 Å². The third kappa shape index (κ3) is 4.31. The molecule has 0 radical (unpaired) electrons. The van der Waals surface area contributed by atoms with E-state index < -0.39 is 18.5 Å². The molecule has 0 aliphatic rings. The average molecular weight is 389 g/mol. The summed E-state index contributed by atoms with van der Waals surface area (Å²) in [6.45, 7) is 1.46. The Bertz CT molecular complexity index is 1010. The first kappa shape index (κ1) is 18.2. The van der Waals surface area contributed by atoms with E-state index >= 15 is 0 Å². The van der Waals surface area contributed by atoms with Gasteiger partial charge in [-0.1, -0.05) is 29.3 Å². The van der Waals surface area contributed by atoms with Crippen LogP contribution in [0.4, 0.5) is 5.69 Å². The van der Waals surface area contributed by atoms with Crippen molar-refractivity contribution in [3.8, 4) is 0 Å². The van der Waals surface area contributed by atoms with Crippen molar-refractivity contribution < 1.29 is 14.3 Å². The maximum absolute atomic E-state index is 12.1. The summed E-state index contributed by atoms with van der Waals surface area (Å²) in [7, 11) is 0. The molecule has 0 bridgehead atoms. The quantitative estimate of drug-likeness (QED) is 0.521. The second-order valence-electron chi connectivity index (χ2n) is 5.63. The fourth-order valence-electron chi connectivity index (χ4n) is 2.31. The molecule has 132 valence electrons. The van der Waals surface area contributed by atoms with Gasteiger partial charge in [0.1, 0.15) is 5.15 Å². The van der Waals surface area contributed by atoms with Gasteiger partial charge in [-0.25, -0.2) is 9.78 Å². The van der Waals surface area contributed by atoms with Gasteiger partial charge in [0.25, 0.3) is 5.91 Å². The summed E-state index contributed by atoms with van der Waals surface area (Å²) in [6, 6.07) is 13.4. The highest BCUT2D eigenvalue weighted by atomic mass is 35.5. The van der Waals surface area contributed by atoms with Crippen LogP contribution in [-0.4, -0.2) is 23.5 Å². The number of hydrogen-bond acceptors (Lipinski definition) is 4. The molecule has 2 aromatic carbocycles. The lowest BCUT2D eigenvalue weighted by Crippen LogP contribution is -2.21. The highest BCUT2D eigenvalue weighted by molar-refractivity contribution is 6.31. The lowest BCUT2D eigenvalue weighted by molar-refractivity contribution is -0.119. The van der Waals surface area contributed by atoms with E-state index in [1.165, 1.54) is 0 Å². The number of benzene rings is 2. The molecule has 0 unspecified atom stereocenters. The SMILES string of the molecule is Cc1ccc(NC(=O)COC(=O)c2ccc3nc(Cl)ccc3c2)cc1Cl. The molecule has 3 aromatic rings. The summed E-state index contributed by atoms with van der Waals surface area (Å²) in [5.74, 6) is -1.05. The lowest BCUT2D eigenvalue weighted by atomic mass is 10.1. The first-order valence-corrected chi connectivity index (χ1v) is 8.47. The van der Waals surface area contributed by atoms with Gasteiger partial charge in [0.15, 0.2) is 6.61 Å². The molecule has 0 aliphatic heterocycles. The number of esters is 1. The minimum atomic E-state index is -0.598. The number of pyridine rings is 1. The van der Waals surface area contributed by atoms with Gasteiger partial charge in [0.2, 0.25) is 0 Å². The number of ether oxygens (including phenoxy) is 1. The maximum atomic E-state index is 12.1. The van der Waals surface area contributed by atoms with Crippen molar-refractivity contribution in [1.29, 1.82) is 0 Å². The molecule has 1 amide bonds. The van der Waals surface area contributed by atoms with Crippen LogP contribution in [0.3, 0.4) is 0 Å². The molecule has 0 saturated heterocycles.